The molecule has 1 aromatic heterocycles. The highest BCUT2D eigenvalue weighted by Crippen LogP contribution is 2.36. The molecule has 0 spiro atoms. The van der Waals surface area contributed by atoms with Crippen LogP contribution in [0.15, 0.2) is 57.7 Å². The van der Waals surface area contributed by atoms with Gasteiger partial charge >= 0.3 is 0 Å². The van der Waals surface area contributed by atoms with E-state index < -0.39 is 5.91 Å². The third kappa shape index (κ3) is 4.07. The van der Waals surface area contributed by atoms with Gasteiger partial charge in [-0.2, -0.15) is 5.26 Å². The smallest absolute Gasteiger partial charge is 0.265 e. The Labute approximate surface area is 161 Å². The van der Waals surface area contributed by atoms with Gasteiger partial charge in [0.15, 0.2) is 0 Å². The summed E-state index contributed by atoms with van der Waals surface area (Å²) in [5.41, 5.74) is 1.72. The van der Waals surface area contributed by atoms with Gasteiger partial charge in [0.1, 0.15) is 22.4 Å². The lowest BCUT2D eigenvalue weighted by Crippen LogP contribution is -2.29. The first kappa shape index (κ1) is 18.8. The quantitative estimate of drug-likeness (QED) is 0.632. The summed E-state index contributed by atoms with van der Waals surface area (Å²) >= 11 is 1.20. The molecule has 0 bridgehead atoms. The van der Waals surface area contributed by atoms with E-state index in [1.165, 1.54) is 22.9 Å². The minimum absolute atomic E-state index is 0.0784. The third-order valence-electron chi connectivity index (χ3n) is 4.16. The van der Waals surface area contributed by atoms with Crippen LogP contribution in [0.3, 0.4) is 0 Å². The fourth-order valence-electron chi connectivity index (χ4n) is 2.69. The van der Waals surface area contributed by atoms with E-state index >= 15 is 0 Å². The largest absolute Gasteiger partial charge is 0.467 e. The zero-order valence-corrected chi connectivity index (χ0v) is 15.9. The number of thioether (sulfide) groups is 1. The first-order valence-corrected chi connectivity index (χ1v) is 9.50. The second kappa shape index (κ2) is 8.14. The van der Waals surface area contributed by atoms with Crippen molar-refractivity contribution in [1.82, 2.24) is 5.32 Å². The van der Waals surface area contributed by atoms with E-state index in [-0.39, 0.29) is 23.8 Å². The number of carbonyl (C=O) groups is 2. The van der Waals surface area contributed by atoms with E-state index in [0.29, 0.717) is 22.4 Å². The third-order valence-corrected chi connectivity index (χ3v) is 5.21. The molecule has 0 unspecified atom stereocenters. The van der Waals surface area contributed by atoms with Crippen molar-refractivity contribution in [3.05, 3.63) is 64.6 Å². The molecular weight excluding hydrogens is 362 g/mol. The average Bonchev–Trinajstić information content (AvgIpc) is 3.31. The van der Waals surface area contributed by atoms with E-state index in [1.807, 2.05) is 30.3 Å². The number of hydrogen-bond acceptors (Lipinski definition) is 5. The summed E-state index contributed by atoms with van der Waals surface area (Å²) in [5.74, 6) is 0.466. The predicted octanol–water partition coefficient (Wildman–Crippen LogP) is 3.53. The molecule has 2 amide bonds. The van der Waals surface area contributed by atoms with Gasteiger partial charge in [0.2, 0.25) is 5.91 Å². The highest BCUT2D eigenvalue weighted by atomic mass is 32.2. The van der Waals surface area contributed by atoms with Gasteiger partial charge in [0.25, 0.3) is 5.91 Å². The average molecular weight is 381 g/mol. The highest BCUT2D eigenvalue weighted by molar-refractivity contribution is 8.04. The molecule has 138 valence electrons. The number of nitriles is 1. The molecule has 3 rings (SSSR count). The van der Waals surface area contributed by atoms with Crippen LogP contribution in [-0.2, 0) is 16.1 Å². The maximum atomic E-state index is 12.5. The van der Waals surface area contributed by atoms with Crippen molar-refractivity contribution >= 4 is 29.3 Å². The van der Waals surface area contributed by atoms with Gasteiger partial charge in [-0.1, -0.05) is 37.7 Å². The molecule has 0 radical (unpaired) electrons. The molecule has 2 aromatic rings. The van der Waals surface area contributed by atoms with E-state index in [0.717, 1.165) is 5.56 Å². The number of rotatable bonds is 5. The molecule has 6 nitrogen and oxygen atoms in total. The summed E-state index contributed by atoms with van der Waals surface area (Å²) in [7, 11) is 0. The summed E-state index contributed by atoms with van der Waals surface area (Å²) in [5, 5.41) is 12.6. The van der Waals surface area contributed by atoms with Crippen LogP contribution in [0.4, 0.5) is 5.69 Å². The maximum absolute atomic E-state index is 12.5. The Bertz CT molecular complexity index is 909. The molecule has 0 saturated carbocycles. The Morgan fingerprint density at radius 1 is 1.33 bits per heavy atom. The number of nitrogens with one attached hydrogen (secondary N) is 1. The first-order chi connectivity index (χ1) is 13.0. The van der Waals surface area contributed by atoms with Crippen molar-refractivity contribution in [1.29, 1.82) is 5.26 Å². The Morgan fingerprint density at radius 3 is 2.67 bits per heavy atom. The van der Waals surface area contributed by atoms with Crippen LogP contribution in [0.1, 0.15) is 31.1 Å². The monoisotopic (exact) mass is 381 g/mol. The second-order valence-electron chi connectivity index (χ2n) is 6.32. The Hall–Kier alpha value is -2.98. The summed E-state index contributed by atoms with van der Waals surface area (Å²) in [6.45, 7) is 4.36. The molecule has 2 heterocycles. The molecule has 7 heteroatoms. The number of carbonyl (C=O) groups excluding carboxylic acids is 2. The van der Waals surface area contributed by atoms with Crippen LogP contribution >= 0.6 is 11.8 Å². The zero-order valence-electron chi connectivity index (χ0n) is 15.1. The van der Waals surface area contributed by atoms with Gasteiger partial charge in [-0.05, 0) is 35.7 Å². The van der Waals surface area contributed by atoms with Crippen LogP contribution in [-0.4, -0.2) is 17.6 Å². The van der Waals surface area contributed by atoms with E-state index in [4.69, 9.17) is 4.42 Å². The van der Waals surface area contributed by atoms with Crippen LogP contribution in [0.25, 0.3) is 0 Å². The molecule has 0 aliphatic carbocycles. The molecule has 0 atom stereocenters. The number of amides is 2. The summed E-state index contributed by atoms with van der Waals surface area (Å²) in [6, 6.07) is 13.0. The van der Waals surface area contributed by atoms with E-state index in [2.05, 4.69) is 19.2 Å². The minimum atomic E-state index is -0.532. The van der Waals surface area contributed by atoms with Gasteiger partial charge in [-0.3, -0.25) is 14.5 Å². The van der Waals surface area contributed by atoms with Gasteiger partial charge in [0.05, 0.1) is 18.6 Å². The summed E-state index contributed by atoms with van der Waals surface area (Å²) < 4.78 is 5.18. The first-order valence-electron chi connectivity index (χ1n) is 8.52. The van der Waals surface area contributed by atoms with Gasteiger partial charge in [0, 0.05) is 5.69 Å². The van der Waals surface area contributed by atoms with Crippen LogP contribution in [0.5, 0.6) is 0 Å². The molecule has 27 heavy (non-hydrogen) atoms. The number of nitrogens with zero attached hydrogens (tertiary/aromatic N) is 2. The molecule has 1 fully saturated rings. The number of hydrogen-bond donors (Lipinski definition) is 1. The normalized spacial score (nSPS) is 15.8. The Balaban J connectivity index is 1.87. The number of anilines is 1. The van der Waals surface area contributed by atoms with E-state index in [9.17, 15) is 14.9 Å². The lowest BCUT2D eigenvalue weighted by molar-refractivity contribution is -0.117. The number of furan rings is 1. The van der Waals surface area contributed by atoms with Gasteiger partial charge in [-0.25, -0.2) is 0 Å². The topological polar surface area (TPSA) is 86.3 Å². The standard InChI is InChI=1S/C20H19N3O3S/c1-13(2)14-5-7-15(8-6-14)23-18(24)12-27-20(23)17(10-21)19(25)22-11-16-4-3-9-26-16/h3-9,13H,11-12H2,1-2H3,(H,22,25)/b20-17-. The molecule has 1 N–H and O–H groups in total. The van der Waals surface area contributed by atoms with E-state index in [1.54, 1.807) is 12.1 Å². The lowest BCUT2D eigenvalue weighted by Gasteiger charge is -2.19. The Kier molecular flexibility index (Phi) is 5.67. The molecule has 1 aromatic carbocycles. The van der Waals surface area contributed by atoms with Crippen molar-refractivity contribution in [3.63, 3.8) is 0 Å². The summed E-state index contributed by atoms with van der Waals surface area (Å²) in [4.78, 5) is 26.3. The van der Waals surface area contributed by atoms with Crippen molar-refractivity contribution in [2.24, 2.45) is 0 Å². The van der Waals surface area contributed by atoms with Crippen LogP contribution in [0.2, 0.25) is 0 Å². The van der Waals surface area contributed by atoms with Gasteiger partial charge in [-0.15, -0.1) is 0 Å². The Morgan fingerprint density at radius 2 is 2.07 bits per heavy atom. The summed E-state index contributed by atoms with van der Waals surface area (Å²) in [6.07, 6.45) is 1.51. The van der Waals surface area contributed by atoms with Crippen molar-refractivity contribution < 1.29 is 14.0 Å². The zero-order chi connectivity index (χ0) is 19.4. The minimum Gasteiger partial charge on any atom is -0.467 e. The predicted molar refractivity (Wildman–Crippen MR) is 104 cm³/mol. The van der Waals surface area contributed by atoms with Crippen molar-refractivity contribution in [2.75, 3.05) is 10.7 Å². The van der Waals surface area contributed by atoms with Crippen LogP contribution < -0.4 is 10.2 Å². The van der Waals surface area contributed by atoms with Crippen molar-refractivity contribution in [3.8, 4) is 6.07 Å². The number of benzene rings is 1. The fourth-order valence-corrected chi connectivity index (χ4v) is 3.70. The fraction of sp³-hybridized carbons (Fsp3) is 0.250. The van der Waals surface area contributed by atoms with Gasteiger partial charge < -0.3 is 9.73 Å². The molecule has 1 saturated heterocycles. The van der Waals surface area contributed by atoms with Crippen molar-refractivity contribution in [2.45, 2.75) is 26.3 Å². The molecule has 1 aliphatic rings. The molecular formula is C20H19N3O3S. The SMILES string of the molecule is CC(C)c1ccc(N2C(=O)CS/C2=C(/C#N)C(=O)NCc2ccco2)cc1. The van der Waals surface area contributed by atoms with Crippen LogP contribution in [0, 0.1) is 11.3 Å². The molecule has 1 aliphatic heterocycles. The lowest BCUT2D eigenvalue weighted by atomic mass is 10.0. The second-order valence-corrected chi connectivity index (χ2v) is 7.28. The maximum Gasteiger partial charge on any atom is 0.265 e. The highest BCUT2D eigenvalue weighted by Gasteiger charge is 2.33.